The maximum Gasteiger partial charge on any atom is 0.302 e. The molecular weight excluding hydrogens is 168 g/mol. The van der Waals surface area contributed by atoms with E-state index in [1.54, 1.807) is 6.92 Å². The average molecular weight is 190 g/mol. The Kier molecular flexibility index (Phi) is 9.24. The number of hydrogen-bond donors (Lipinski definition) is 0. The molecule has 3 heteroatoms. The van der Waals surface area contributed by atoms with Crippen LogP contribution in [0.15, 0.2) is 0 Å². The van der Waals surface area contributed by atoms with Crippen molar-refractivity contribution in [2.45, 2.75) is 47.1 Å². The molecule has 0 saturated carbocycles. The van der Waals surface area contributed by atoms with Crippen molar-refractivity contribution in [2.75, 3.05) is 13.2 Å². The highest BCUT2D eigenvalue weighted by Gasteiger charge is 2.06. The smallest absolute Gasteiger partial charge is 0.302 e. The molecule has 3 nitrogen and oxygen atoms in total. The predicted molar refractivity (Wildman–Crippen MR) is 53.7 cm³/mol. The Hall–Kier alpha value is -0.570. The van der Waals surface area contributed by atoms with Crippen LogP contribution in [0.2, 0.25) is 0 Å². The SMILES string of the molecule is CCOC(C)(C)C.CCOC(C)=O. The van der Waals surface area contributed by atoms with E-state index in [-0.39, 0.29) is 11.6 Å². The topological polar surface area (TPSA) is 35.5 Å². The fourth-order valence-electron chi connectivity index (χ4n) is 0.636. The van der Waals surface area contributed by atoms with Gasteiger partial charge < -0.3 is 9.47 Å². The molecule has 0 saturated heterocycles. The first kappa shape index (κ1) is 14.9. The molecule has 0 aromatic rings. The van der Waals surface area contributed by atoms with E-state index < -0.39 is 0 Å². The van der Waals surface area contributed by atoms with E-state index in [1.807, 2.05) is 6.92 Å². The van der Waals surface area contributed by atoms with Crippen LogP contribution in [0.1, 0.15) is 41.5 Å². The number of rotatable bonds is 2. The van der Waals surface area contributed by atoms with Gasteiger partial charge in [0, 0.05) is 13.5 Å². The van der Waals surface area contributed by atoms with Crippen LogP contribution in [0.25, 0.3) is 0 Å². The first-order valence-corrected chi connectivity index (χ1v) is 4.60. The van der Waals surface area contributed by atoms with Gasteiger partial charge in [0.25, 0.3) is 0 Å². The van der Waals surface area contributed by atoms with E-state index in [4.69, 9.17) is 4.74 Å². The first-order chi connectivity index (χ1) is 5.83. The van der Waals surface area contributed by atoms with E-state index in [0.717, 1.165) is 6.61 Å². The highest BCUT2D eigenvalue weighted by molar-refractivity contribution is 5.65. The van der Waals surface area contributed by atoms with Gasteiger partial charge in [0.15, 0.2) is 0 Å². The highest BCUT2D eigenvalue weighted by Crippen LogP contribution is 2.04. The largest absolute Gasteiger partial charge is 0.466 e. The highest BCUT2D eigenvalue weighted by atomic mass is 16.5. The lowest BCUT2D eigenvalue weighted by Gasteiger charge is -2.17. The summed E-state index contributed by atoms with van der Waals surface area (Å²) in [5.41, 5.74) is 0.0503. The van der Waals surface area contributed by atoms with Crippen molar-refractivity contribution >= 4 is 5.97 Å². The van der Waals surface area contributed by atoms with E-state index >= 15 is 0 Å². The Morgan fingerprint density at radius 2 is 1.62 bits per heavy atom. The summed E-state index contributed by atoms with van der Waals surface area (Å²) in [6.07, 6.45) is 0. The van der Waals surface area contributed by atoms with Gasteiger partial charge in [0.1, 0.15) is 0 Å². The molecule has 0 fully saturated rings. The second kappa shape index (κ2) is 8.05. The Balaban J connectivity index is 0. The summed E-state index contributed by atoms with van der Waals surface area (Å²) in [5.74, 6) is -0.211. The van der Waals surface area contributed by atoms with E-state index in [9.17, 15) is 4.79 Å². The molecule has 0 heterocycles. The van der Waals surface area contributed by atoms with Crippen LogP contribution in [0.5, 0.6) is 0 Å². The third-order valence-electron chi connectivity index (χ3n) is 0.925. The number of hydrogen-bond acceptors (Lipinski definition) is 3. The Bertz CT molecular complexity index is 125. The number of carbonyl (C=O) groups excluding carboxylic acids is 1. The molecule has 0 N–H and O–H groups in total. The molecular formula is C10H22O3. The summed E-state index contributed by atoms with van der Waals surface area (Å²) in [6.45, 7) is 12.6. The zero-order valence-electron chi connectivity index (χ0n) is 9.64. The molecule has 0 spiro atoms. The molecule has 0 bridgehead atoms. The van der Waals surface area contributed by atoms with Crippen LogP contribution in [0.4, 0.5) is 0 Å². The second-order valence-electron chi connectivity index (χ2n) is 3.47. The minimum atomic E-state index is -0.211. The van der Waals surface area contributed by atoms with Crippen LogP contribution in [-0.4, -0.2) is 24.8 Å². The van der Waals surface area contributed by atoms with Crippen molar-refractivity contribution in [1.29, 1.82) is 0 Å². The summed E-state index contributed by atoms with van der Waals surface area (Å²) in [5, 5.41) is 0. The van der Waals surface area contributed by atoms with Gasteiger partial charge in [-0.3, -0.25) is 4.79 Å². The third-order valence-corrected chi connectivity index (χ3v) is 0.925. The van der Waals surface area contributed by atoms with E-state index in [0.29, 0.717) is 6.61 Å². The minimum absolute atomic E-state index is 0.0503. The van der Waals surface area contributed by atoms with Crippen LogP contribution in [0.3, 0.4) is 0 Å². The van der Waals surface area contributed by atoms with Gasteiger partial charge >= 0.3 is 5.97 Å². The van der Waals surface area contributed by atoms with Crippen molar-refractivity contribution in [2.24, 2.45) is 0 Å². The Morgan fingerprint density at radius 1 is 1.15 bits per heavy atom. The van der Waals surface area contributed by atoms with Crippen LogP contribution in [0, 0.1) is 0 Å². The predicted octanol–water partition coefficient (Wildman–Crippen LogP) is 2.39. The zero-order chi connectivity index (χ0) is 10.9. The fraction of sp³-hybridized carbons (Fsp3) is 0.900. The number of carbonyl (C=O) groups is 1. The van der Waals surface area contributed by atoms with Crippen molar-refractivity contribution in [3.8, 4) is 0 Å². The molecule has 0 aliphatic heterocycles. The molecule has 0 aliphatic rings. The molecule has 0 amide bonds. The maximum absolute atomic E-state index is 9.82. The second-order valence-corrected chi connectivity index (χ2v) is 3.47. The molecule has 0 unspecified atom stereocenters. The first-order valence-electron chi connectivity index (χ1n) is 4.60. The molecule has 80 valence electrons. The van der Waals surface area contributed by atoms with Crippen molar-refractivity contribution < 1.29 is 14.3 Å². The van der Waals surface area contributed by atoms with Gasteiger partial charge in [-0.2, -0.15) is 0 Å². The van der Waals surface area contributed by atoms with Crippen molar-refractivity contribution in [3.05, 3.63) is 0 Å². The molecule has 0 aromatic carbocycles. The Morgan fingerprint density at radius 3 is 1.62 bits per heavy atom. The lowest BCUT2D eigenvalue weighted by molar-refractivity contribution is -0.140. The number of esters is 1. The molecule has 0 radical (unpaired) electrons. The third kappa shape index (κ3) is 24.6. The standard InChI is InChI=1S/C6H14O.C4H8O2/c1-5-7-6(2,3)4;1-3-6-4(2)5/h5H2,1-4H3;3H2,1-2H3. The van der Waals surface area contributed by atoms with Gasteiger partial charge in [-0.05, 0) is 34.6 Å². The van der Waals surface area contributed by atoms with Gasteiger partial charge in [0.05, 0.1) is 12.2 Å². The molecule has 0 aromatic heterocycles. The minimum Gasteiger partial charge on any atom is -0.466 e. The monoisotopic (exact) mass is 190 g/mol. The normalized spacial score (nSPS) is 10.0. The van der Waals surface area contributed by atoms with Crippen LogP contribution < -0.4 is 0 Å². The lowest BCUT2D eigenvalue weighted by atomic mass is 10.2. The van der Waals surface area contributed by atoms with Crippen molar-refractivity contribution in [3.63, 3.8) is 0 Å². The average Bonchev–Trinajstić information content (AvgIpc) is 1.84. The van der Waals surface area contributed by atoms with E-state index in [1.165, 1.54) is 6.92 Å². The quantitative estimate of drug-likeness (QED) is 0.627. The summed E-state index contributed by atoms with van der Waals surface area (Å²) in [6, 6.07) is 0. The lowest BCUT2D eigenvalue weighted by Crippen LogP contribution is -2.18. The van der Waals surface area contributed by atoms with Gasteiger partial charge in [-0.1, -0.05) is 0 Å². The Labute approximate surface area is 81.4 Å². The van der Waals surface area contributed by atoms with Crippen molar-refractivity contribution in [1.82, 2.24) is 0 Å². The van der Waals surface area contributed by atoms with Gasteiger partial charge in [-0.25, -0.2) is 0 Å². The molecule has 0 atom stereocenters. The van der Waals surface area contributed by atoms with Crippen LogP contribution in [-0.2, 0) is 14.3 Å². The van der Waals surface area contributed by atoms with E-state index in [2.05, 4.69) is 25.5 Å². The summed E-state index contributed by atoms with van der Waals surface area (Å²) >= 11 is 0. The van der Waals surface area contributed by atoms with Gasteiger partial charge in [0.2, 0.25) is 0 Å². The summed E-state index contributed by atoms with van der Waals surface area (Å²) in [7, 11) is 0. The van der Waals surface area contributed by atoms with Gasteiger partial charge in [-0.15, -0.1) is 0 Å². The number of ether oxygens (including phenoxy) is 2. The molecule has 13 heavy (non-hydrogen) atoms. The fourth-order valence-corrected chi connectivity index (χ4v) is 0.636. The van der Waals surface area contributed by atoms with Crippen LogP contribution >= 0.6 is 0 Å². The summed E-state index contributed by atoms with van der Waals surface area (Å²) in [4.78, 5) is 9.82. The maximum atomic E-state index is 9.82. The summed E-state index contributed by atoms with van der Waals surface area (Å²) < 4.78 is 9.63. The molecule has 0 aliphatic carbocycles. The zero-order valence-corrected chi connectivity index (χ0v) is 9.64. The molecule has 0 rings (SSSR count).